The Kier molecular flexibility index (Phi) is 3.35. The molecule has 104 valence electrons. The Labute approximate surface area is 120 Å². The van der Waals surface area contributed by atoms with Gasteiger partial charge >= 0.3 is 6.03 Å². The summed E-state index contributed by atoms with van der Waals surface area (Å²) in [6.07, 6.45) is 0. The number of carbonyl (C=O) groups is 1. The fourth-order valence-electron chi connectivity index (χ4n) is 1.93. The van der Waals surface area contributed by atoms with Gasteiger partial charge in [0.2, 0.25) is 0 Å². The second-order valence-electron chi connectivity index (χ2n) is 4.27. The largest absolute Gasteiger partial charge is 0.497 e. The van der Waals surface area contributed by atoms with E-state index in [1.54, 1.807) is 12.0 Å². The Morgan fingerprint density at radius 3 is 2.75 bits per heavy atom. The van der Waals surface area contributed by atoms with Crippen LogP contribution in [0.25, 0.3) is 11.4 Å². The van der Waals surface area contributed by atoms with E-state index in [4.69, 9.17) is 4.74 Å². The highest BCUT2D eigenvalue weighted by Gasteiger charge is 2.26. The van der Waals surface area contributed by atoms with Gasteiger partial charge in [0.25, 0.3) is 0 Å². The molecular formula is C13H14N4O2S. The van der Waals surface area contributed by atoms with Crippen LogP contribution in [0.4, 0.5) is 4.79 Å². The average Bonchev–Trinajstić information content (AvgIpc) is 2.93. The predicted molar refractivity (Wildman–Crippen MR) is 75.9 cm³/mol. The maximum atomic E-state index is 12.1. The van der Waals surface area contributed by atoms with Crippen molar-refractivity contribution in [1.82, 2.24) is 19.7 Å². The summed E-state index contributed by atoms with van der Waals surface area (Å²) in [5.41, 5.74) is 0.865. The Morgan fingerprint density at radius 2 is 2.10 bits per heavy atom. The molecule has 2 aromatic rings. The molecule has 0 atom stereocenters. The third-order valence-electron chi connectivity index (χ3n) is 3.11. The van der Waals surface area contributed by atoms with Gasteiger partial charge in [-0.2, -0.15) is 4.68 Å². The van der Waals surface area contributed by atoms with Crippen LogP contribution in [0.3, 0.4) is 0 Å². The number of nitrogens with zero attached hydrogens (tertiary/aromatic N) is 4. The fraction of sp³-hybridized carbons (Fsp3) is 0.308. The molecule has 0 saturated heterocycles. The van der Waals surface area contributed by atoms with Gasteiger partial charge in [-0.25, -0.2) is 9.78 Å². The van der Waals surface area contributed by atoms with Crippen molar-refractivity contribution in [2.45, 2.75) is 12.1 Å². The van der Waals surface area contributed by atoms with Crippen molar-refractivity contribution in [2.24, 2.45) is 0 Å². The maximum absolute atomic E-state index is 12.1. The van der Waals surface area contributed by atoms with E-state index < -0.39 is 0 Å². The molecule has 2 heterocycles. The van der Waals surface area contributed by atoms with Gasteiger partial charge in [-0.15, -0.1) is 5.10 Å². The van der Waals surface area contributed by atoms with Crippen LogP contribution in [0.2, 0.25) is 0 Å². The molecule has 1 aromatic carbocycles. The SMILES string of the molecule is CCN1CSc2nc(-c3ccc(OC)cc3)nn2C1=O. The van der Waals surface area contributed by atoms with E-state index >= 15 is 0 Å². The topological polar surface area (TPSA) is 60.2 Å². The molecule has 6 nitrogen and oxygen atoms in total. The number of hydrogen-bond donors (Lipinski definition) is 0. The number of methoxy groups -OCH3 is 1. The van der Waals surface area contributed by atoms with Gasteiger partial charge in [0, 0.05) is 12.1 Å². The molecule has 0 aliphatic carbocycles. The van der Waals surface area contributed by atoms with Gasteiger partial charge in [-0.1, -0.05) is 11.8 Å². The van der Waals surface area contributed by atoms with Crippen LogP contribution < -0.4 is 4.74 Å². The van der Waals surface area contributed by atoms with Gasteiger partial charge in [-0.05, 0) is 31.2 Å². The maximum Gasteiger partial charge on any atom is 0.347 e. The van der Waals surface area contributed by atoms with Gasteiger partial charge < -0.3 is 9.64 Å². The first-order chi connectivity index (χ1) is 9.72. The lowest BCUT2D eigenvalue weighted by Gasteiger charge is -2.23. The Balaban J connectivity index is 1.95. The molecule has 1 aromatic heterocycles. The third-order valence-corrected chi connectivity index (χ3v) is 4.07. The molecule has 0 bridgehead atoms. The lowest BCUT2D eigenvalue weighted by Crippen LogP contribution is -2.38. The summed E-state index contributed by atoms with van der Waals surface area (Å²) in [6.45, 7) is 2.62. The molecule has 1 aliphatic heterocycles. The molecule has 1 aliphatic rings. The first kappa shape index (κ1) is 13.0. The fourth-order valence-corrected chi connectivity index (χ4v) is 2.89. The van der Waals surface area contributed by atoms with E-state index in [9.17, 15) is 4.79 Å². The van der Waals surface area contributed by atoms with Crippen LogP contribution in [-0.4, -0.2) is 45.2 Å². The minimum atomic E-state index is -0.117. The molecule has 0 radical (unpaired) electrons. The normalized spacial score (nSPS) is 14.3. The van der Waals surface area contributed by atoms with E-state index in [0.29, 0.717) is 23.4 Å². The van der Waals surface area contributed by atoms with Crippen molar-refractivity contribution in [3.05, 3.63) is 24.3 Å². The van der Waals surface area contributed by atoms with E-state index in [0.717, 1.165) is 11.3 Å². The quantitative estimate of drug-likeness (QED) is 0.868. The summed E-state index contributed by atoms with van der Waals surface area (Å²) in [4.78, 5) is 18.3. The number of rotatable bonds is 3. The van der Waals surface area contributed by atoms with Crippen LogP contribution >= 0.6 is 11.8 Å². The molecule has 1 amide bonds. The summed E-state index contributed by atoms with van der Waals surface area (Å²) in [5.74, 6) is 1.96. The number of aromatic nitrogens is 3. The van der Waals surface area contributed by atoms with Crippen molar-refractivity contribution in [3.8, 4) is 17.1 Å². The standard InChI is InChI=1S/C13H14N4O2S/c1-3-16-8-20-12-14-11(15-17(12)13(16)18)9-4-6-10(19-2)7-5-9/h4-7H,3,8H2,1-2H3. The molecule has 20 heavy (non-hydrogen) atoms. The van der Waals surface area contributed by atoms with Crippen molar-refractivity contribution in [1.29, 1.82) is 0 Å². The average molecular weight is 290 g/mol. The van der Waals surface area contributed by atoms with Crippen LogP contribution in [0.1, 0.15) is 6.92 Å². The number of thioether (sulfide) groups is 1. The third kappa shape index (κ3) is 2.14. The molecule has 0 spiro atoms. The van der Waals surface area contributed by atoms with Crippen LogP contribution in [0.15, 0.2) is 29.4 Å². The van der Waals surface area contributed by atoms with Gasteiger partial charge in [0.15, 0.2) is 11.0 Å². The highest BCUT2D eigenvalue weighted by molar-refractivity contribution is 7.99. The zero-order chi connectivity index (χ0) is 14.1. The zero-order valence-electron chi connectivity index (χ0n) is 11.2. The van der Waals surface area contributed by atoms with E-state index in [1.165, 1.54) is 16.4 Å². The number of carbonyl (C=O) groups excluding carboxylic acids is 1. The first-order valence-electron chi connectivity index (χ1n) is 6.26. The zero-order valence-corrected chi connectivity index (χ0v) is 12.1. The van der Waals surface area contributed by atoms with Gasteiger partial charge in [-0.3, -0.25) is 0 Å². The number of ether oxygens (including phenoxy) is 1. The molecule has 0 fully saturated rings. The Morgan fingerprint density at radius 1 is 1.35 bits per heavy atom. The van der Waals surface area contributed by atoms with E-state index in [1.807, 2.05) is 31.2 Å². The van der Waals surface area contributed by atoms with E-state index in [-0.39, 0.29) is 6.03 Å². The summed E-state index contributed by atoms with van der Waals surface area (Å²) in [6, 6.07) is 7.35. The van der Waals surface area contributed by atoms with Crippen molar-refractivity contribution in [2.75, 3.05) is 19.5 Å². The predicted octanol–water partition coefficient (Wildman–Crippen LogP) is 2.31. The van der Waals surface area contributed by atoms with E-state index in [2.05, 4.69) is 10.1 Å². The molecular weight excluding hydrogens is 276 g/mol. The van der Waals surface area contributed by atoms with Crippen molar-refractivity contribution >= 4 is 17.8 Å². The van der Waals surface area contributed by atoms with Crippen LogP contribution in [0.5, 0.6) is 5.75 Å². The number of benzene rings is 1. The summed E-state index contributed by atoms with van der Waals surface area (Å²) in [7, 11) is 1.62. The first-order valence-corrected chi connectivity index (χ1v) is 7.25. The monoisotopic (exact) mass is 290 g/mol. The Hall–Kier alpha value is -2.02. The van der Waals surface area contributed by atoms with Crippen LogP contribution in [0, 0.1) is 0 Å². The minimum Gasteiger partial charge on any atom is -0.497 e. The molecule has 0 N–H and O–H groups in total. The number of amides is 1. The Bertz CT molecular complexity index is 638. The number of fused-ring (bicyclic) bond motifs is 1. The van der Waals surface area contributed by atoms with Crippen LogP contribution in [-0.2, 0) is 0 Å². The summed E-state index contributed by atoms with van der Waals surface area (Å²) < 4.78 is 6.49. The molecule has 7 heteroatoms. The number of hydrogen-bond acceptors (Lipinski definition) is 5. The van der Waals surface area contributed by atoms with Crippen molar-refractivity contribution < 1.29 is 9.53 Å². The lowest BCUT2D eigenvalue weighted by molar-refractivity contribution is 0.202. The second kappa shape index (κ2) is 5.16. The van der Waals surface area contributed by atoms with Gasteiger partial charge in [0.05, 0.1) is 13.0 Å². The smallest absolute Gasteiger partial charge is 0.347 e. The van der Waals surface area contributed by atoms with Crippen molar-refractivity contribution in [3.63, 3.8) is 0 Å². The molecule has 0 saturated carbocycles. The van der Waals surface area contributed by atoms with Gasteiger partial charge in [0.1, 0.15) is 5.75 Å². The highest BCUT2D eigenvalue weighted by Crippen LogP contribution is 2.27. The molecule has 0 unspecified atom stereocenters. The summed E-state index contributed by atoms with van der Waals surface area (Å²) >= 11 is 1.52. The highest BCUT2D eigenvalue weighted by atomic mass is 32.2. The second-order valence-corrected chi connectivity index (χ2v) is 5.18. The minimum absolute atomic E-state index is 0.117. The lowest BCUT2D eigenvalue weighted by atomic mass is 10.2. The molecule has 3 rings (SSSR count). The summed E-state index contributed by atoms with van der Waals surface area (Å²) in [5, 5.41) is 4.95.